The summed E-state index contributed by atoms with van der Waals surface area (Å²) >= 11 is 0. The van der Waals surface area contributed by atoms with Crippen molar-refractivity contribution in [1.29, 1.82) is 0 Å². The highest BCUT2D eigenvalue weighted by molar-refractivity contribution is 7.90. The van der Waals surface area contributed by atoms with Crippen LogP contribution in [0.15, 0.2) is 23.4 Å². The molecule has 8 nitrogen and oxygen atoms in total. The quantitative estimate of drug-likeness (QED) is 0.585. The van der Waals surface area contributed by atoms with E-state index in [9.17, 15) is 16.8 Å². The van der Waals surface area contributed by atoms with Crippen LogP contribution in [0.1, 0.15) is 6.92 Å². The van der Waals surface area contributed by atoms with Crippen LogP contribution in [-0.2, 0) is 20.0 Å². The van der Waals surface area contributed by atoms with Crippen LogP contribution in [0.25, 0.3) is 0 Å². The highest BCUT2D eigenvalue weighted by Gasteiger charge is 2.19. The summed E-state index contributed by atoms with van der Waals surface area (Å²) < 4.78 is 51.0. The Morgan fingerprint density at radius 2 is 1.95 bits per heavy atom. The number of pyridine rings is 1. The minimum atomic E-state index is -3.81. The van der Waals surface area contributed by atoms with Crippen molar-refractivity contribution in [1.82, 2.24) is 14.4 Å². The zero-order valence-corrected chi connectivity index (χ0v) is 12.9. The zero-order valence-electron chi connectivity index (χ0n) is 11.3. The number of aromatic nitrogens is 1. The molecule has 0 spiro atoms. The van der Waals surface area contributed by atoms with Crippen molar-refractivity contribution in [2.45, 2.75) is 11.8 Å². The van der Waals surface area contributed by atoms with Gasteiger partial charge in [0.15, 0.2) is 0 Å². The SMILES string of the molecule is CCNc1ccncc1S(=O)(=O)NCCS(=O)(=O)NC. The average Bonchev–Trinajstić information content (AvgIpc) is 2.39. The summed E-state index contributed by atoms with van der Waals surface area (Å²) in [6.07, 6.45) is 2.69. The molecule has 0 bridgehead atoms. The van der Waals surface area contributed by atoms with E-state index in [0.717, 1.165) is 0 Å². The van der Waals surface area contributed by atoms with Gasteiger partial charge in [-0.2, -0.15) is 0 Å². The van der Waals surface area contributed by atoms with E-state index in [1.165, 1.54) is 19.4 Å². The molecule has 0 aliphatic rings. The van der Waals surface area contributed by atoms with Crippen molar-refractivity contribution < 1.29 is 16.8 Å². The van der Waals surface area contributed by atoms with E-state index >= 15 is 0 Å². The van der Waals surface area contributed by atoms with Crippen LogP contribution < -0.4 is 14.8 Å². The predicted octanol–water partition coefficient (Wildman–Crippen LogP) is -0.659. The van der Waals surface area contributed by atoms with Gasteiger partial charge in [-0.05, 0) is 20.0 Å². The van der Waals surface area contributed by atoms with Gasteiger partial charge in [-0.1, -0.05) is 0 Å². The maximum atomic E-state index is 12.1. The van der Waals surface area contributed by atoms with Crippen LogP contribution in [0, 0.1) is 0 Å². The minimum Gasteiger partial charge on any atom is -0.384 e. The third-order valence-corrected chi connectivity index (χ3v) is 5.27. The van der Waals surface area contributed by atoms with E-state index in [1.54, 1.807) is 6.07 Å². The second-order valence-corrected chi connectivity index (χ2v) is 7.60. The minimum absolute atomic E-state index is 0.0105. The summed E-state index contributed by atoms with van der Waals surface area (Å²) in [5.41, 5.74) is 0.423. The molecule has 0 unspecified atom stereocenters. The lowest BCUT2D eigenvalue weighted by Crippen LogP contribution is -2.33. The van der Waals surface area contributed by atoms with E-state index in [-0.39, 0.29) is 17.2 Å². The summed E-state index contributed by atoms with van der Waals surface area (Å²) in [5.74, 6) is -0.334. The number of sulfonamides is 2. The Balaban J connectivity index is 2.84. The molecule has 0 aliphatic carbocycles. The molecular formula is C10H18N4O4S2. The number of rotatable bonds is 8. The van der Waals surface area contributed by atoms with Gasteiger partial charge >= 0.3 is 0 Å². The molecule has 3 N–H and O–H groups in total. The molecule has 10 heteroatoms. The van der Waals surface area contributed by atoms with Crippen LogP contribution in [-0.4, -0.2) is 47.7 Å². The van der Waals surface area contributed by atoms with Crippen LogP contribution in [0.2, 0.25) is 0 Å². The molecule has 0 radical (unpaired) electrons. The Labute approximate surface area is 119 Å². The Morgan fingerprint density at radius 1 is 1.25 bits per heavy atom. The largest absolute Gasteiger partial charge is 0.384 e. The highest BCUT2D eigenvalue weighted by Crippen LogP contribution is 2.18. The van der Waals surface area contributed by atoms with Crippen LogP contribution in [0.3, 0.4) is 0 Å². The topological polar surface area (TPSA) is 117 Å². The van der Waals surface area contributed by atoms with Crippen LogP contribution >= 0.6 is 0 Å². The number of hydrogen-bond donors (Lipinski definition) is 3. The van der Waals surface area contributed by atoms with Gasteiger partial charge in [-0.25, -0.2) is 26.3 Å². The first kappa shape index (κ1) is 16.8. The number of nitrogens with zero attached hydrogens (tertiary/aromatic N) is 1. The Hall–Kier alpha value is -1.23. The fourth-order valence-electron chi connectivity index (χ4n) is 1.42. The maximum absolute atomic E-state index is 12.1. The van der Waals surface area contributed by atoms with Gasteiger partial charge in [-0.15, -0.1) is 0 Å². The molecule has 0 aliphatic heterocycles. The molecule has 1 aromatic heterocycles. The molecule has 0 saturated heterocycles. The van der Waals surface area contributed by atoms with Crippen molar-refractivity contribution in [3.63, 3.8) is 0 Å². The standard InChI is InChI=1S/C10H18N4O4S2/c1-3-13-9-4-5-12-8-10(9)20(17,18)14-6-7-19(15,16)11-2/h4-5,8,11,14H,3,6-7H2,1-2H3,(H,12,13). The maximum Gasteiger partial charge on any atom is 0.244 e. The molecule has 0 amide bonds. The van der Waals surface area contributed by atoms with Crippen molar-refractivity contribution in [3.8, 4) is 0 Å². The monoisotopic (exact) mass is 322 g/mol. The van der Waals surface area contributed by atoms with Crippen molar-refractivity contribution in [3.05, 3.63) is 18.5 Å². The van der Waals surface area contributed by atoms with Crippen LogP contribution in [0.5, 0.6) is 0 Å². The van der Waals surface area contributed by atoms with E-state index in [4.69, 9.17) is 0 Å². The normalized spacial score (nSPS) is 12.3. The third kappa shape index (κ3) is 4.71. The summed E-state index contributed by atoms with van der Waals surface area (Å²) in [6, 6.07) is 1.54. The highest BCUT2D eigenvalue weighted by atomic mass is 32.2. The lowest BCUT2D eigenvalue weighted by molar-refractivity contribution is 0.578. The Bertz CT molecular complexity index is 643. The van der Waals surface area contributed by atoms with E-state index in [2.05, 4.69) is 19.7 Å². The average molecular weight is 322 g/mol. The number of hydrogen-bond acceptors (Lipinski definition) is 6. The zero-order chi connectivity index (χ0) is 15.2. The fourth-order valence-corrected chi connectivity index (χ4v) is 3.28. The van der Waals surface area contributed by atoms with Gasteiger partial charge in [0.2, 0.25) is 20.0 Å². The third-order valence-electron chi connectivity index (χ3n) is 2.42. The van der Waals surface area contributed by atoms with Gasteiger partial charge in [-0.3, -0.25) is 4.98 Å². The van der Waals surface area contributed by atoms with Crippen molar-refractivity contribution >= 4 is 25.7 Å². The summed E-state index contributed by atoms with van der Waals surface area (Å²) in [7, 11) is -5.99. The molecule has 1 aromatic rings. The number of anilines is 1. The summed E-state index contributed by atoms with van der Waals surface area (Å²) in [4.78, 5) is 3.77. The van der Waals surface area contributed by atoms with Crippen molar-refractivity contribution in [2.75, 3.05) is 31.2 Å². The molecule has 1 rings (SSSR count). The number of nitrogens with one attached hydrogen (secondary N) is 3. The van der Waals surface area contributed by atoms with E-state index in [0.29, 0.717) is 12.2 Å². The molecule has 0 fully saturated rings. The smallest absolute Gasteiger partial charge is 0.244 e. The second kappa shape index (κ2) is 6.97. The molecule has 0 aromatic carbocycles. The molecule has 0 atom stereocenters. The lowest BCUT2D eigenvalue weighted by Gasteiger charge is -2.11. The molecule has 1 heterocycles. The van der Waals surface area contributed by atoms with Crippen LogP contribution in [0.4, 0.5) is 5.69 Å². The summed E-state index contributed by atoms with van der Waals surface area (Å²) in [6.45, 7) is 2.18. The van der Waals surface area contributed by atoms with Gasteiger partial charge in [0.25, 0.3) is 0 Å². The predicted molar refractivity (Wildman–Crippen MR) is 76.4 cm³/mol. The fraction of sp³-hybridized carbons (Fsp3) is 0.500. The van der Waals surface area contributed by atoms with Crippen molar-refractivity contribution in [2.24, 2.45) is 0 Å². The Morgan fingerprint density at radius 3 is 2.55 bits per heavy atom. The molecule has 114 valence electrons. The van der Waals surface area contributed by atoms with Gasteiger partial charge in [0.05, 0.1) is 11.4 Å². The van der Waals surface area contributed by atoms with E-state index < -0.39 is 20.0 Å². The van der Waals surface area contributed by atoms with E-state index in [1.807, 2.05) is 6.92 Å². The first-order valence-corrected chi connectivity index (χ1v) is 9.04. The summed E-state index contributed by atoms with van der Waals surface area (Å²) in [5, 5.41) is 2.91. The molecule has 0 saturated carbocycles. The van der Waals surface area contributed by atoms with Gasteiger partial charge < -0.3 is 5.32 Å². The first-order chi connectivity index (χ1) is 9.32. The lowest BCUT2D eigenvalue weighted by atomic mass is 10.4. The molecule has 20 heavy (non-hydrogen) atoms. The Kier molecular flexibility index (Phi) is 5.87. The van der Waals surface area contributed by atoms with Gasteiger partial charge in [0, 0.05) is 25.5 Å². The first-order valence-electron chi connectivity index (χ1n) is 5.91. The van der Waals surface area contributed by atoms with Gasteiger partial charge in [0.1, 0.15) is 4.90 Å². The second-order valence-electron chi connectivity index (χ2n) is 3.82. The molecular weight excluding hydrogens is 304 g/mol.